The maximum atomic E-state index is 3.79. The van der Waals surface area contributed by atoms with Crippen molar-refractivity contribution in [2.24, 2.45) is 0 Å². The van der Waals surface area contributed by atoms with E-state index >= 15 is 0 Å². The highest BCUT2D eigenvalue weighted by Crippen LogP contribution is 2.01. The second kappa shape index (κ2) is 12.5. The molecule has 0 fully saturated rings. The molecule has 0 radical (unpaired) electrons. The molecule has 0 aliphatic heterocycles. The van der Waals surface area contributed by atoms with Gasteiger partial charge in [-0.05, 0) is 40.0 Å². The maximum absolute atomic E-state index is 3.79. The molecule has 0 aromatic rings. The lowest BCUT2D eigenvalue weighted by Gasteiger charge is -1.91. The minimum absolute atomic E-state index is 1.20. The predicted octanol–water partition coefficient (Wildman–Crippen LogP) is 5.51. The summed E-state index contributed by atoms with van der Waals surface area (Å²) < 4.78 is 0. The maximum Gasteiger partial charge on any atom is -0.0326 e. The van der Waals surface area contributed by atoms with Crippen molar-refractivity contribution in [3.8, 4) is 0 Å². The van der Waals surface area contributed by atoms with Crippen molar-refractivity contribution in [2.45, 2.75) is 66.7 Å². The molecule has 0 nitrogen and oxygen atoms in total. The molecule has 0 aromatic heterocycles. The first-order valence-corrected chi connectivity index (χ1v) is 5.82. The van der Waals surface area contributed by atoms with E-state index < -0.39 is 0 Å². The molecule has 0 amide bonds. The lowest BCUT2D eigenvalue weighted by atomic mass is 10.2. The molecular weight excluding hydrogens is 168 g/mol. The summed E-state index contributed by atoms with van der Waals surface area (Å²) in [7, 11) is 0. The van der Waals surface area contributed by atoms with Crippen LogP contribution in [-0.2, 0) is 0 Å². The topological polar surface area (TPSA) is 0 Å². The molecular formula is C14H28. The number of unbranched alkanes of at least 4 members (excludes halogenated alkanes) is 2. The molecule has 0 atom stereocenters. The minimum Gasteiger partial charge on any atom is -0.100 e. The second-order valence-corrected chi connectivity index (χ2v) is 4.13. The standard InChI is InChI=1S/2C7H14/c2*1-4-5-6-7(2)3/h6H,4-5H2,1-3H3;2,4-6H2,1,3H3. The van der Waals surface area contributed by atoms with Gasteiger partial charge in [0.05, 0.1) is 0 Å². The highest BCUT2D eigenvalue weighted by atomic mass is 13.9. The van der Waals surface area contributed by atoms with Gasteiger partial charge in [0, 0.05) is 0 Å². The van der Waals surface area contributed by atoms with Gasteiger partial charge in [0.25, 0.3) is 0 Å². The van der Waals surface area contributed by atoms with E-state index in [1.54, 1.807) is 0 Å². The molecule has 0 heteroatoms. The first-order valence-electron chi connectivity index (χ1n) is 5.82. The van der Waals surface area contributed by atoms with E-state index in [-0.39, 0.29) is 0 Å². The number of allylic oxidation sites excluding steroid dienone is 3. The summed E-state index contributed by atoms with van der Waals surface area (Å²) in [6.45, 7) is 14.5. The first-order chi connectivity index (χ1) is 6.54. The Morgan fingerprint density at radius 1 is 1.07 bits per heavy atom. The average molecular weight is 196 g/mol. The summed E-state index contributed by atoms with van der Waals surface area (Å²) >= 11 is 0. The highest BCUT2D eigenvalue weighted by Gasteiger charge is 1.81. The van der Waals surface area contributed by atoms with Crippen LogP contribution in [0.4, 0.5) is 0 Å². The van der Waals surface area contributed by atoms with Gasteiger partial charge >= 0.3 is 0 Å². The smallest absolute Gasteiger partial charge is 0.0326 e. The summed E-state index contributed by atoms with van der Waals surface area (Å²) in [5.74, 6) is 0. The zero-order chi connectivity index (χ0) is 11.4. The highest BCUT2D eigenvalue weighted by molar-refractivity contribution is 4.92. The third-order valence-corrected chi connectivity index (χ3v) is 1.80. The fourth-order valence-electron chi connectivity index (χ4n) is 0.912. The normalized spacial score (nSPS) is 8.64. The lowest BCUT2D eigenvalue weighted by Crippen LogP contribution is -1.71. The van der Waals surface area contributed by atoms with Gasteiger partial charge in [-0.15, -0.1) is 6.58 Å². The fourth-order valence-corrected chi connectivity index (χ4v) is 0.912. The van der Waals surface area contributed by atoms with Crippen molar-refractivity contribution in [1.82, 2.24) is 0 Å². The minimum atomic E-state index is 1.20. The Bertz CT molecular complexity index is 147. The Hall–Kier alpha value is -0.520. The van der Waals surface area contributed by atoms with Crippen LogP contribution >= 0.6 is 0 Å². The van der Waals surface area contributed by atoms with Gasteiger partial charge in [-0.3, -0.25) is 0 Å². The molecule has 14 heavy (non-hydrogen) atoms. The quantitative estimate of drug-likeness (QED) is 0.509. The van der Waals surface area contributed by atoms with Crippen LogP contribution in [0.5, 0.6) is 0 Å². The van der Waals surface area contributed by atoms with E-state index in [2.05, 4.69) is 47.3 Å². The van der Waals surface area contributed by atoms with Crippen molar-refractivity contribution in [2.75, 3.05) is 0 Å². The van der Waals surface area contributed by atoms with E-state index in [0.717, 1.165) is 0 Å². The van der Waals surface area contributed by atoms with E-state index in [1.807, 2.05) is 0 Å². The number of hydrogen-bond donors (Lipinski definition) is 0. The van der Waals surface area contributed by atoms with Crippen LogP contribution in [0, 0.1) is 0 Å². The van der Waals surface area contributed by atoms with Gasteiger partial charge in [0.1, 0.15) is 0 Å². The summed E-state index contributed by atoms with van der Waals surface area (Å²) in [6, 6.07) is 0. The molecule has 0 unspecified atom stereocenters. The lowest BCUT2D eigenvalue weighted by molar-refractivity contribution is 0.789. The fraction of sp³-hybridized carbons (Fsp3) is 0.714. The molecule has 0 aliphatic carbocycles. The Labute approximate surface area is 91.1 Å². The molecule has 0 N–H and O–H groups in total. The number of rotatable bonds is 5. The van der Waals surface area contributed by atoms with E-state index in [4.69, 9.17) is 0 Å². The molecule has 0 aromatic carbocycles. The molecule has 0 bridgehead atoms. The Kier molecular flexibility index (Phi) is 14.2. The first kappa shape index (κ1) is 15.9. The monoisotopic (exact) mass is 196 g/mol. The zero-order valence-corrected chi connectivity index (χ0v) is 10.8. The van der Waals surface area contributed by atoms with Crippen LogP contribution in [-0.4, -0.2) is 0 Å². The average Bonchev–Trinajstić information content (AvgIpc) is 2.12. The third kappa shape index (κ3) is 22.5. The Balaban J connectivity index is 0. The second-order valence-electron chi connectivity index (χ2n) is 4.13. The third-order valence-electron chi connectivity index (χ3n) is 1.80. The van der Waals surface area contributed by atoms with Crippen LogP contribution in [0.25, 0.3) is 0 Å². The molecule has 0 rings (SSSR count). The van der Waals surface area contributed by atoms with Crippen molar-refractivity contribution < 1.29 is 0 Å². The SMILES string of the molecule is C=C(C)CCCC.CCCC=C(C)C. The van der Waals surface area contributed by atoms with Crippen molar-refractivity contribution in [1.29, 1.82) is 0 Å². The molecule has 0 saturated heterocycles. The summed E-state index contributed by atoms with van der Waals surface area (Å²) in [5.41, 5.74) is 2.74. The van der Waals surface area contributed by atoms with Crippen LogP contribution in [0.3, 0.4) is 0 Å². The molecule has 0 heterocycles. The Morgan fingerprint density at radius 3 is 1.79 bits per heavy atom. The summed E-state index contributed by atoms with van der Waals surface area (Å²) in [4.78, 5) is 0. The van der Waals surface area contributed by atoms with Gasteiger partial charge in [-0.1, -0.05) is 43.9 Å². The van der Waals surface area contributed by atoms with Crippen molar-refractivity contribution in [3.63, 3.8) is 0 Å². The van der Waals surface area contributed by atoms with Gasteiger partial charge < -0.3 is 0 Å². The molecule has 0 spiro atoms. The molecule has 84 valence electrons. The van der Waals surface area contributed by atoms with Gasteiger partial charge in [-0.2, -0.15) is 0 Å². The van der Waals surface area contributed by atoms with E-state index in [1.165, 1.54) is 43.3 Å². The summed E-state index contributed by atoms with van der Waals surface area (Å²) in [5, 5.41) is 0. The predicted molar refractivity (Wildman–Crippen MR) is 68.7 cm³/mol. The molecule has 0 aliphatic rings. The van der Waals surface area contributed by atoms with E-state index in [9.17, 15) is 0 Å². The van der Waals surface area contributed by atoms with Gasteiger partial charge in [-0.25, -0.2) is 0 Å². The largest absolute Gasteiger partial charge is 0.100 e. The van der Waals surface area contributed by atoms with Crippen LogP contribution in [0.1, 0.15) is 66.7 Å². The zero-order valence-electron chi connectivity index (χ0n) is 10.8. The van der Waals surface area contributed by atoms with Crippen LogP contribution < -0.4 is 0 Å². The van der Waals surface area contributed by atoms with Crippen molar-refractivity contribution in [3.05, 3.63) is 23.8 Å². The number of hydrogen-bond acceptors (Lipinski definition) is 0. The van der Waals surface area contributed by atoms with Crippen LogP contribution in [0.15, 0.2) is 23.8 Å². The van der Waals surface area contributed by atoms with E-state index in [0.29, 0.717) is 0 Å². The van der Waals surface area contributed by atoms with Gasteiger partial charge in [0.2, 0.25) is 0 Å². The Morgan fingerprint density at radius 2 is 1.64 bits per heavy atom. The molecule has 0 saturated carbocycles. The van der Waals surface area contributed by atoms with Crippen LogP contribution in [0.2, 0.25) is 0 Å². The van der Waals surface area contributed by atoms with Gasteiger partial charge in [0.15, 0.2) is 0 Å². The summed E-state index contributed by atoms with van der Waals surface area (Å²) in [6.07, 6.45) is 8.56. The van der Waals surface area contributed by atoms with Crippen molar-refractivity contribution >= 4 is 0 Å².